The Balaban J connectivity index is 0. The zero-order chi connectivity index (χ0) is 10.4. The maximum absolute atomic E-state index is 9.17. The van der Waals surface area contributed by atoms with Gasteiger partial charge in [0.15, 0.2) is 0 Å². The van der Waals surface area contributed by atoms with Crippen LogP contribution in [0.4, 0.5) is 0 Å². The van der Waals surface area contributed by atoms with Crippen molar-refractivity contribution in [2.45, 2.75) is 24.4 Å². The van der Waals surface area contributed by atoms with Gasteiger partial charge in [0.25, 0.3) is 0 Å². The van der Waals surface area contributed by atoms with E-state index in [-0.39, 0.29) is 12.4 Å². The van der Waals surface area contributed by atoms with Gasteiger partial charge in [-0.15, -0.1) is 17.6 Å². The fourth-order valence-corrected chi connectivity index (χ4v) is 0.728. The van der Waals surface area contributed by atoms with E-state index in [1.807, 2.05) is 0 Å². The molecule has 0 amide bonds. The lowest BCUT2D eigenvalue weighted by Gasteiger charge is -2.23. The van der Waals surface area contributed by atoms with Crippen LogP contribution in [0.15, 0.2) is 5.16 Å². The van der Waals surface area contributed by atoms with Gasteiger partial charge in [-0.25, -0.2) is 0 Å². The first kappa shape index (κ1) is 16.0. The number of nitrogens with zero attached hydrogens (tertiary/aromatic N) is 1. The zero-order valence-electron chi connectivity index (χ0n) is 7.26. The minimum Gasteiger partial charge on any atom is -0.411 e. The van der Waals surface area contributed by atoms with Crippen molar-refractivity contribution in [3.05, 3.63) is 0 Å². The highest BCUT2D eigenvalue weighted by molar-refractivity contribution is 5.85. The molecule has 0 bridgehead atoms. The lowest BCUT2D eigenvalue weighted by atomic mass is 10.0. The summed E-state index contributed by atoms with van der Waals surface area (Å²) >= 11 is 0. The third kappa shape index (κ3) is 4.70. The predicted octanol–water partition coefficient (Wildman–Crippen LogP) is -2.73. The number of nitrogens with two attached hydrogens (primary N) is 1. The lowest BCUT2D eigenvalue weighted by Crippen LogP contribution is -2.49. The second-order valence-corrected chi connectivity index (χ2v) is 2.57. The van der Waals surface area contributed by atoms with E-state index in [0.717, 1.165) is 6.21 Å². The van der Waals surface area contributed by atoms with Gasteiger partial charge in [-0.3, -0.25) is 0 Å². The fourth-order valence-electron chi connectivity index (χ4n) is 0.728. The number of hydrogen-bond donors (Lipinski definition) is 6. The molecule has 0 aromatic rings. The highest BCUT2D eigenvalue weighted by Crippen LogP contribution is 2.02. The highest BCUT2D eigenvalue weighted by atomic mass is 35.5. The Kier molecular flexibility index (Phi) is 9.05. The SMILES string of the molecule is Cl.NC(/C=N/O)C(O)C(O)C(O)CO. The topological polar surface area (TPSA) is 140 Å². The van der Waals surface area contributed by atoms with Crippen LogP contribution in [0.2, 0.25) is 0 Å². The van der Waals surface area contributed by atoms with E-state index < -0.39 is 31.0 Å². The number of halogens is 1. The molecule has 7 nitrogen and oxygen atoms in total. The standard InChI is InChI=1S/C6H14N2O5.ClH/c7-3(1-8-13)5(11)6(12)4(10)2-9;/h1,3-6,9-13H,2,7H2;1H/b8-1+;. The maximum atomic E-state index is 9.17. The molecule has 0 aliphatic carbocycles. The molecule has 0 rings (SSSR count). The van der Waals surface area contributed by atoms with Crippen LogP contribution >= 0.6 is 12.4 Å². The Hall–Kier alpha value is -0.440. The Morgan fingerprint density at radius 1 is 1.21 bits per heavy atom. The van der Waals surface area contributed by atoms with E-state index in [9.17, 15) is 5.11 Å². The van der Waals surface area contributed by atoms with Gasteiger partial charge in [0.05, 0.1) is 18.9 Å². The van der Waals surface area contributed by atoms with Gasteiger partial charge in [0.1, 0.15) is 18.3 Å². The number of aliphatic hydroxyl groups is 4. The van der Waals surface area contributed by atoms with Crippen molar-refractivity contribution >= 4 is 18.6 Å². The summed E-state index contributed by atoms with van der Waals surface area (Å²) < 4.78 is 0. The summed E-state index contributed by atoms with van der Waals surface area (Å²) in [6, 6.07) is -1.11. The minimum atomic E-state index is -1.59. The fraction of sp³-hybridized carbons (Fsp3) is 0.833. The molecule has 7 N–H and O–H groups in total. The average Bonchev–Trinajstić information content (AvgIpc) is 2.14. The molecule has 0 heterocycles. The van der Waals surface area contributed by atoms with Crippen molar-refractivity contribution in [1.82, 2.24) is 0 Å². The Morgan fingerprint density at radius 3 is 2.07 bits per heavy atom. The average molecular weight is 231 g/mol. The Labute approximate surface area is 86.9 Å². The molecule has 14 heavy (non-hydrogen) atoms. The van der Waals surface area contributed by atoms with Gasteiger partial charge < -0.3 is 31.4 Å². The molecule has 0 fully saturated rings. The normalized spacial score (nSPS) is 19.8. The van der Waals surface area contributed by atoms with E-state index in [1.54, 1.807) is 0 Å². The minimum absolute atomic E-state index is 0. The van der Waals surface area contributed by atoms with Crippen molar-refractivity contribution < 1.29 is 25.6 Å². The first-order chi connectivity index (χ1) is 6.04. The van der Waals surface area contributed by atoms with Gasteiger partial charge in [0.2, 0.25) is 0 Å². The van der Waals surface area contributed by atoms with Crippen LogP contribution in [-0.4, -0.2) is 62.8 Å². The van der Waals surface area contributed by atoms with E-state index in [0.29, 0.717) is 0 Å². The molecule has 86 valence electrons. The van der Waals surface area contributed by atoms with E-state index >= 15 is 0 Å². The quantitative estimate of drug-likeness (QED) is 0.172. The summed E-state index contributed by atoms with van der Waals surface area (Å²) in [6.07, 6.45) is -3.76. The second kappa shape index (κ2) is 7.92. The third-order valence-electron chi connectivity index (χ3n) is 1.56. The van der Waals surface area contributed by atoms with Gasteiger partial charge in [0, 0.05) is 0 Å². The van der Waals surface area contributed by atoms with Crippen molar-refractivity contribution in [2.24, 2.45) is 10.9 Å². The van der Waals surface area contributed by atoms with E-state index in [2.05, 4.69) is 5.16 Å². The Morgan fingerprint density at radius 2 is 1.71 bits per heavy atom. The molecule has 0 aromatic carbocycles. The third-order valence-corrected chi connectivity index (χ3v) is 1.56. The number of oxime groups is 1. The van der Waals surface area contributed by atoms with Gasteiger partial charge in [-0.2, -0.15) is 0 Å². The number of aliphatic hydroxyl groups excluding tert-OH is 4. The summed E-state index contributed by atoms with van der Waals surface area (Å²) in [5.74, 6) is 0. The molecular formula is C6H15ClN2O5. The molecule has 0 radical (unpaired) electrons. The number of rotatable bonds is 5. The summed E-state index contributed by atoms with van der Waals surface area (Å²) in [4.78, 5) is 0. The zero-order valence-corrected chi connectivity index (χ0v) is 8.08. The molecule has 0 aliphatic rings. The molecule has 4 unspecified atom stereocenters. The molecular weight excluding hydrogens is 216 g/mol. The number of hydrogen-bond acceptors (Lipinski definition) is 7. The molecule has 0 aromatic heterocycles. The maximum Gasteiger partial charge on any atom is 0.110 e. The van der Waals surface area contributed by atoms with Crippen molar-refractivity contribution in [3.8, 4) is 0 Å². The summed E-state index contributed by atoms with van der Waals surface area (Å²) in [5.41, 5.74) is 5.21. The van der Waals surface area contributed by atoms with Crippen molar-refractivity contribution in [1.29, 1.82) is 0 Å². The first-order valence-corrected chi connectivity index (χ1v) is 3.62. The molecule has 0 spiro atoms. The monoisotopic (exact) mass is 230 g/mol. The molecule has 8 heteroatoms. The highest BCUT2D eigenvalue weighted by Gasteiger charge is 2.28. The van der Waals surface area contributed by atoms with Crippen LogP contribution in [0.1, 0.15) is 0 Å². The van der Waals surface area contributed by atoms with Gasteiger partial charge in [-0.1, -0.05) is 0 Å². The summed E-state index contributed by atoms with van der Waals surface area (Å²) in [5, 5.41) is 46.2. The first-order valence-electron chi connectivity index (χ1n) is 3.62. The van der Waals surface area contributed by atoms with E-state index in [1.165, 1.54) is 0 Å². The molecule has 0 saturated heterocycles. The van der Waals surface area contributed by atoms with Crippen molar-refractivity contribution in [2.75, 3.05) is 6.61 Å². The Bertz CT molecular complexity index is 170. The summed E-state index contributed by atoms with van der Waals surface area (Å²) in [7, 11) is 0. The molecule has 0 aliphatic heterocycles. The largest absolute Gasteiger partial charge is 0.411 e. The van der Waals surface area contributed by atoms with Crippen LogP contribution in [0.3, 0.4) is 0 Å². The molecule has 0 saturated carbocycles. The van der Waals surface area contributed by atoms with Crippen LogP contribution in [0.5, 0.6) is 0 Å². The van der Waals surface area contributed by atoms with Crippen molar-refractivity contribution in [3.63, 3.8) is 0 Å². The smallest absolute Gasteiger partial charge is 0.110 e. The lowest BCUT2D eigenvalue weighted by molar-refractivity contribution is -0.0772. The van der Waals surface area contributed by atoms with Gasteiger partial charge in [-0.05, 0) is 0 Å². The predicted molar refractivity (Wildman–Crippen MR) is 50.6 cm³/mol. The molecule has 4 atom stereocenters. The van der Waals surface area contributed by atoms with Gasteiger partial charge >= 0.3 is 0 Å². The van der Waals surface area contributed by atoms with Crippen LogP contribution in [-0.2, 0) is 0 Å². The van der Waals surface area contributed by atoms with Crippen LogP contribution < -0.4 is 5.73 Å². The van der Waals surface area contributed by atoms with Crippen LogP contribution in [0.25, 0.3) is 0 Å². The van der Waals surface area contributed by atoms with E-state index in [4.69, 9.17) is 26.3 Å². The second-order valence-electron chi connectivity index (χ2n) is 2.57. The van der Waals surface area contributed by atoms with Crippen LogP contribution in [0, 0.1) is 0 Å². The summed E-state index contributed by atoms with van der Waals surface area (Å²) in [6.45, 7) is -0.693.